The van der Waals surface area contributed by atoms with Gasteiger partial charge in [-0.25, -0.2) is 0 Å². The molecule has 7 heteroatoms. The Kier molecular flexibility index (Phi) is 5.35. The molecule has 2 heterocycles. The van der Waals surface area contributed by atoms with Gasteiger partial charge in [-0.2, -0.15) is 0 Å². The largest absolute Gasteiger partial charge is 0.503 e. The molecule has 1 unspecified atom stereocenters. The number of benzene rings is 1. The van der Waals surface area contributed by atoms with E-state index in [9.17, 15) is 19.5 Å². The predicted octanol–water partition coefficient (Wildman–Crippen LogP) is 3.75. The second-order valence-corrected chi connectivity index (χ2v) is 7.10. The van der Waals surface area contributed by atoms with Gasteiger partial charge < -0.3 is 14.8 Å². The molecule has 28 heavy (non-hydrogen) atoms. The monoisotopic (exact) mass is 382 g/mol. The van der Waals surface area contributed by atoms with Crippen LogP contribution in [-0.4, -0.2) is 22.7 Å². The van der Waals surface area contributed by atoms with E-state index < -0.39 is 17.7 Å². The van der Waals surface area contributed by atoms with Gasteiger partial charge in [-0.05, 0) is 42.3 Å². The molecule has 1 atom stereocenters. The average molecular weight is 382 g/mol. The van der Waals surface area contributed by atoms with Crippen LogP contribution in [0.2, 0.25) is 0 Å². The standard InChI is InChI=1S/C21H22N2O5/c1-12(2)11-16(25)18-19(17-5-4-10-28-17)23(21(27)20(18)26)15-8-6-14(7-9-15)22-13(3)24/h4-10,12,19,26H,11H2,1-3H3,(H,22,24). The Labute approximate surface area is 162 Å². The van der Waals surface area contributed by atoms with Crippen LogP contribution in [0.1, 0.15) is 39.0 Å². The molecule has 0 saturated heterocycles. The van der Waals surface area contributed by atoms with Gasteiger partial charge in [0, 0.05) is 24.7 Å². The molecule has 0 spiro atoms. The molecule has 1 aliphatic heterocycles. The first-order chi connectivity index (χ1) is 13.3. The Morgan fingerprint density at radius 3 is 2.43 bits per heavy atom. The van der Waals surface area contributed by atoms with Gasteiger partial charge in [0.1, 0.15) is 11.8 Å². The molecule has 2 N–H and O–H groups in total. The summed E-state index contributed by atoms with van der Waals surface area (Å²) in [5.41, 5.74) is 1.09. The van der Waals surface area contributed by atoms with E-state index in [1.54, 1.807) is 36.4 Å². The first-order valence-corrected chi connectivity index (χ1v) is 9.00. The van der Waals surface area contributed by atoms with Crippen molar-refractivity contribution in [3.05, 3.63) is 59.8 Å². The topological polar surface area (TPSA) is 99.9 Å². The molecular weight excluding hydrogens is 360 g/mol. The van der Waals surface area contributed by atoms with Crippen LogP contribution in [0.25, 0.3) is 0 Å². The minimum atomic E-state index is -0.847. The van der Waals surface area contributed by atoms with Gasteiger partial charge >= 0.3 is 0 Å². The molecule has 1 aromatic heterocycles. The number of rotatable bonds is 6. The number of amides is 2. The normalized spacial score (nSPS) is 16.8. The third kappa shape index (κ3) is 3.69. The van der Waals surface area contributed by atoms with Crippen molar-refractivity contribution in [3.63, 3.8) is 0 Å². The summed E-state index contributed by atoms with van der Waals surface area (Å²) < 4.78 is 5.48. The van der Waals surface area contributed by atoms with Crippen LogP contribution in [-0.2, 0) is 14.4 Å². The molecule has 1 aromatic carbocycles. The Balaban J connectivity index is 2.02. The zero-order valence-corrected chi connectivity index (χ0v) is 15.9. The Bertz CT molecular complexity index is 926. The van der Waals surface area contributed by atoms with Gasteiger partial charge in [0.2, 0.25) is 5.91 Å². The molecule has 0 aliphatic carbocycles. The van der Waals surface area contributed by atoms with Crippen molar-refractivity contribution in [2.24, 2.45) is 5.92 Å². The van der Waals surface area contributed by atoms with Crippen LogP contribution in [0, 0.1) is 5.92 Å². The van der Waals surface area contributed by atoms with Crippen LogP contribution in [0.4, 0.5) is 11.4 Å². The van der Waals surface area contributed by atoms with E-state index in [1.165, 1.54) is 18.1 Å². The van der Waals surface area contributed by atoms with Crippen LogP contribution < -0.4 is 10.2 Å². The van der Waals surface area contributed by atoms with E-state index >= 15 is 0 Å². The van der Waals surface area contributed by atoms with Crippen LogP contribution in [0.5, 0.6) is 0 Å². The summed E-state index contributed by atoms with van der Waals surface area (Å²) in [6.07, 6.45) is 1.66. The van der Waals surface area contributed by atoms with Gasteiger partial charge in [-0.15, -0.1) is 0 Å². The highest BCUT2D eigenvalue weighted by molar-refractivity contribution is 6.16. The lowest BCUT2D eigenvalue weighted by molar-refractivity contribution is -0.118. The highest BCUT2D eigenvalue weighted by Gasteiger charge is 2.45. The van der Waals surface area contributed by atoms with E-state index in [2.05, 4.69) is 5.32 Å². The molecule has 146 valence electrons. The summed E-state index contributed by atoms with van der Waals surface area (Å²) in [5, 5.41) is 13.1. The Morgan fingerprint density at radius 2 is 1.89 bits per heavy atom. The average Bonchev–Trinajstić information content (AvgIpc) is 3.22. The summed E-state index contributed by atoms with van der Waals surface area (Å²) in [7, 11) is 0. The summed E-state index contributed by atoms with van der Waals surface area (Å²) in [6, 6.07) is 9.06. The van der Waals surface area contributed by atoms with Crippen LogP contribution in [0.15, 0.2) is 58.4 Å². The minimum Gasteiger partial charge on any atom is -0.503 e. The maximum atomic E-state index is 12.8. The molecule has 0 radical (unpaired) electrons. The van der Waals surface area contributed by atoms with Gasteiger partial charge in [0.15, 0.2) is 11.5 Å². The molecule has 7 nitrogen and oxygen atoms in total. The lowest BCUT2D eigenvalue weighted by Gasteiger charge is -2.25. The van der Waals surface area contributed by atoms with Crippen LogP contribution >= 0.6 is 0 Å². The number of carbonyl (C=O) groups excluding carboxylic acids is 3. The second kappa shape index (κ2) is 7.72. The van der Waals surface area contributed by atoms with Crippen molar-refractivity contribution >= 4 is 29.0 Å². The highest BCUT2D eigenvalue weighted by Crippen LogP contribution is 2.41. The van der Waals surface area contributed by atoms with Gasteiger partial charge in [0.05, 0.1) is 11.8 Å². The zero-order chi connectivity index (χ0) is 20.4. The van der Waals surface area contributed by atoms with Gasteiger partial charge in [-0.1, -0.05) is 13.8 Å². The van der Waals surface area contributed by atoms with Gasteiger partial charge in [-0.3, -0.25) is 19.3 Å². The van der Waals surface area contributed by atoms with E-state index in [-0.39, 0.29) is 29.6 Å². The SMILES string of the molecule is CC(=O)Nc1ccc(N2C(=O)C(O)=C(C(=O)CC(C)C)C2c2ccco2)cc1. The molecule has 0 bridgehead atoms. The number of furan rings is 1. The lowest BCUT2D eigenvalue weighted by atomic mass is 9.95. The fourth-order valence-corrected chi connectivity index (χ4v) is 3.26. The first kappa shape index (κ1) is 19.4. The number of ketones is 1. The maximum Gasteiger partial charge on any atom is 0.294 e. The van der Waals surface area contributed by atoms with E-state index in [1.807, 2.05) is 13.8 Å². The van der Waals surface area contributed by atoms with E-state index in [0.29, 0.717) is 17.1 Å². The number of aliphatic hydroxyl groups is 1. The number of nitrogens with one attached hydrogen (secondary N) is 1. The summed E-state index contributed by atoms with van der Waals surface area (Å²) in [4.78, 5) is 38.1. The lowest BCUT2D eigenvalue weighted by Crippen LogP contribution is -2.30. The quantitative estimate of drug-likeness (QED) is 0.792. The number of nitrogens with zero attached hydrogens (tertiary/aromatic N) is 1. The van der Waals surface area contributed by atoms with Crippen LogP contribution in [0.3, 0.4) is 0 Å². The molecule has 2 amide bonds. The minimum absolute atomic E-state index is 0.0413. The highest BCUT2D eigenvalue weighted by atomic mass is 16.3. The maximum absolute atomic E-state index is 12.8. The number of aliphatic hydroxyl groups excluding tert-OH is 1. The number of Topliss-reactive ketones (excluding diaryl/α,β-unsaturated/α-hetero) is 1. The summed E-state index contributed by atoms with van der Waals surface area (Å²) in [5.74, 6) is -1.26. The van der Waals surface area contributed by atoms with Gasteiger partial charge in [0.25, 0.3) is 5.91 Å². The summed E-state index contributed by atoms with van der Waals surface area (Å²) >= 11 is 0. The number of carbonyl (C=O) groups is 3. The predicted molar refractivity (Wildman–Crippen MR) is 104 cm³/mol. The van der Waals surface area contributed by atoms with Crippen molar-refractivity contribution in [2.45, 2.75) is 33.2 Å². The van der Waals surface area contributed by atoms with Crippen molar-refractivity contribution in [3.8, 4) is 0 Å². The van der Waals surface area contributed by atoms with E-state index in [0.717, 1.165) is 0 Å². The fraction of sp³-hybridized carbons (Fsp3) is 0.286. The Hall–Kier alpha value is -3.35. The molecule has 3 rings (SSSR count). The van der Waals surface area contributed by atoms with Crippen molar-refractivity contribution in [2.75, 3.05) is 10.2 Å². The molecule has 0 saturated carbocycles. The third-order valence-electron chi connectivity index (χ3n) is 4.38. The van der Waals surface area contributed by atoms with Crippen molar-refractivity contribution < 1.29 is 23.9 Å². The Morgan fingerprint density at radius 1 is 1.21 bits per heavy atom. The second-order valence-electron chi connectivity index (χ2n) is 7.10. The fourth-order valence-electron chi connectivity index (χ4n) is 3.26. The zero-order valence-electron chi connectivity index (χ0n) is 15.9. The first-order valence-electron chi connectivity index (χ1n) is 9.00. The van der Waals surface area contributed by atoms with Crippen molar-refractivity contribution in [1.82, 2.24) is 0 Å². The third-order valence-corrected chi connectivity index (χ3v) is 4.38. The molecule has 2 aromatic rings. The number of anilines is 2. The molecular formula is C21H22N2O5. The van der Waals surface area contributed by atoms with E-state index in [4.69, 9.17) is 4.42 Å². The number of hydrogen-bond donors (Lipinski definition) is 2. The molecule has 0 fully saturated rings. The summed E-state index contributed by atoms with van der Waals surface area (Å²) in [6.45, 7) is 5.19. The smallest absolute Gasteiger partial charge is 0.294 e. The number of hydrogen-bond acceptors (Lipinski definition) is 5. The molecule has 1 aliphatic rings. The van der Waals surface area contributed by atoms with Crippen molar-refractivity contribution in [1.29, 1.82) is 0 Å².